The zero-order chi connectivity index (χ0) is 21.8. The number of benzene rings is 1. The molecule has 0 atom stereocenters. The average Bonchev–Trinajstić information content (AvgIpc) is 3.07. The van der Waals surface area contributed by atoms with Crippen molar-refractivity contribution in [3.63, 3.8) is 0 Å². The predicted octanol–water partition coefficient (Wildman–Crippen LogP) is 5.47. The molecule has 9 heteroatoms. The summed E-state index contributed by atoms with van der Waals surface area (Å²) in [5.41, 5.74) is 1.27. The Morgan fingerprint density at radius 3 is 2.83 bits per heavy atom. The molecule has 0 radical (unpaired) electrons. The highest BCUT2D eigenvalue weighted by Gasteiger charge is 2.27. The normalized spacial score (nSPS) is 13.3. The van der Waals surface area contributed by atoms with E-state index in [4.69, 9.17) is 16.3 Å². The first kappa shape index (κ1) is 22.3. The molecular weight excluding hydrogens is 492 g/mol. The number of thiophene rings is 1. The summed E-state index contributed by atoms with van der Waals surface area (Å²) in [6, 6.07) is 4.79. The monoisotopic (exact) mass is 508 g/mol. The number of phenols is 1. The van der Waals surface area contributed by atoms with Crippen molar-refractivity contribution >= 4 is 61.8 Å². The van der Waals surface area contributed by atoms with Crippen LogP contribution >= 0.6 is 38.9 Å². The Bertz CT molecular complexity index is 1090. The minimum Gasteiger partial charge on any atom is -0.506 e. The summed E-state index contributed by atoms with van der Waals surface area (Å²) < 4.78 is 5.53. The number of nitriles is 1. The summed E-state index contributed by atoms with van der Waals surface area (Å²) in [7, 11) is 0. The van der Waals surface area contributed by atoms with Crippen LogP contribution in [0.15, 0.2) is 22.2 Å². The van der Waals surface area contributed by atoms with Crippen molar-refractivity contribution in [1.29, 1.82) is 5.26 Å². The maximum absolute atomic E-state index is 12.8. The SMILES string of the molecule is CCOC(=O)c1c(NC(=O)/C(C#N)=C/c2cc(Cl)cc(Br)c2O)sc2c1CCCC2. The first-order valence-corrected chi connectivity index (χ1v) is 11.3. The number of esters is 1. The van der Waals surface area contributed by atoms with Crippen LogP contribution in [0.25, 0.3) is 6.08 Å². The maximum Gasteiger partial charge on any atom is 0.341 e. The number of hydrogen-bond donors (Lipinski definition) is 2. The van der Waals surface area contributed by atoms with Gasteiger partial charge in [-0.3, -0.25) is 4.79 Å². The van der Waals surface area contributed by atoms with Crippen LogP contribution in [-0.2, 0) is 22.4 Å². The van der Waals surface area contributed by atoms with E-state index in [1.54, 1.807) is 6.92 Å². The first-order valence-electron chi connectivity index (χ1n) is 9.28. The second kappa shape index (κ2) is 9.65. The number of fused-ring (bicyclic) bond motifs is 1. The number of aryl methyl sites for hydroxylation is 1. The van der Waals surface area contributed by atoms with E-state index >= 15 is 0 Å². The molecule has 0 unspecified atom stereocenters. The summed E-state index contributed by atoms with van der Waals surface area (Å²) in [4.78, 5) is 26.4. The van der Waals surface area contributed by atoms with Crippen LogP contribution in [0.3, 0.4) is 0 Å². The molecule has 0 bridgehead atoms. The number of carbonyl (C=O) groups excluding carboxylic acids is 2. The molecule has 6 nitrogen and oxygen atoms in total. The fraction of sp³-hybridized carbons (Fsp3) is 0.286. The Morgan fingerprint density at radius 2 is 2.13 bits per heavy atom. The summed E-state index contributed by atoms with van der Waals surface area (Å²) in [6.45, 7) is 1.95. The van der Waals surface area contributed by atoms with Gasteiger partial charge in [-0.15, -0.1) is 11.3 Å². The lowest BCUT2D eigenvalue weighted by Crippen LogP contribution is -2.16. The quantitative estimate of drug-likeness (QED) is 0.316. The molecular formula is C21H18BrClN2O4S. The van der Waals surface area contributed by atoms with Gasteiger partial charge in [-0.1, -0.05) is 11.6 Å². The number of rotatable bonds is 5. The maximum atomic E-state index is 12.8. The molecule has 1 amide bonds. The molecule has 156 valence electrons. The fourth-order valence-electron chi connectivity index (χ4n) is 3.24. The van der Waals surface area contributed by atoms with E-state index in [2.05, 4.69) is 21.2 Å². The van der Waals surface area contributed by atoms with E-state index in [1.807, 2.05) is 6.07 Å². The van der Waals surface area contributed by atoms with Crippen molar-refractivity contribution in [1.82, 2.24) is 0 Å². The number of hydrogen-bond acceptors (Lipinski definition) is 6. The van der Waals surface area contributed by atoms with Crippen molar-refractivity contribution in [2.24, 2.45) is 0 Å². The number of halogens is 2. The van der Waals surface area contributed by atoms with Gasteiger partial charge in [-0.05, 0) is 72.3 Å². The topological polar surface area (TPSA) is 99.4 Å². The van der Waals surface area contributed by atoms with Crippen LogP contribution in [0.5, 0.6) is 5.75 Å². The molecule has 0 saturated heterocycles. The third-order valence-electron chi connectivity index (χ3n) is 4.60. The van der Waals surface area contributed by atoms with Gasteiger partial charge in [-0.2, -0.15) is 5.26 Å². The molecule has 0 aliphatic heterocycles. The van der Waals surface area contributed by atoms with Gasteiger partial charge in [0.1, 0.15) is 22.4 Å². The van der Waals surface area contributed by atoms with E-state index in [0.29, 0.717) is 20.1 Å². The number of nitrogens with zero attached hydrogens (tertiary/aromatic N) is 1. The minimum atomic E-state index is -0.683. The van der Waals surface area contributed by atoms with Crippen LogP contribution in [0.4, 0.5) is 5.00 Å². The molecule has 0 spiro atoms. The number of phenolic OH excluding ortho intramolecular Hbond substituents is 1. The summed E-state index contributed by atoms with van der Waals surface area (Å²) in [5.74, 6) is -1.30. The van der Waals surface area contributed by atoms with Crippen molar-refractivity contribution in [2.45, 2.75) is 32.6 Å². The molecule has 2 N–H and O–H groups in total. The van der Waals surface area contributed by atoms with Crippen molar-refractivity contribution in [3.8, 4) is 11.8 Å². The Labute approximate surface area is 191 Å². The van der Waals surface area contributed by atoms with Gasteiger partial charge in [0, 0.05) is 15.5 Å². The average molecular weight is 510 g/mol. The first-order chi connectivity index (χ1) is 14.3. The predicted molar refractivity (Wildman–Crippen MR) is 120 cm³/mol. The third-order valence-corrected chi connectivity index (χ3v) is 6.63. The van der Waals surface area contributed by atoms with Crippen LogP contribution in [-0.4, -0.2) is 23.6 Å². The van der Waals surface area contributed by atoms with E-state index in [0.717, 1.165) is 36.1 Å². The Balaban J connectivity index is 1.96. The van der Waals surface area contributed by atoms with E-state index < -0.39 is 11.9 Å². The lowest BCUT2D eigenvalue weighted by atomic mass is 9.95. The molecule has 3 rings (SSSR count). The van der Waals surface area contributed by atoms with E-state index in [-0.39, 0.29) is 23.5 Å². The molecule has 1 aromatic heterocycles. The largest absolute Gasteiger partial charge is 0.506 e. The summed E-state index contributed by atoms with van der Waals surface area (Å²) in [6.07, 6.45) is 4.83. The zero-order valence-corrected chi connectivity index (χ0v) is 19.2. The van der Waals surface area contributed by atoms with Gasteiger partial charge >= 0.3 is 5.97 Å². The van der Waals surface area contributed by atoms with Crippen LogP contribution in [0, 0.1) is 11.3 Å². The number of anilines is 1. The van der Waals surface area contributed by atoms with Crippen LogP contribution in [0.2, 0.25) is 5.02 Å². The smallest absolute Gasteiger partial charge is 0.341 e. The van der Waals surface area contributed by atoms with Crippen molar-refractivity contribution in [3.05, 3.63) is 48.8 Å². The van der Waals surface area contributed by atoms with Crippen LogP contribution in [0.1, 0.15) is 46.1 Å². The second-order valence-corrected chi connectivity index (χ2v) is 8.98. The highest BCUT2D eigenvalue weighted by molar-refractivity contribution is 9.10. The van der Waals surface area contributed by atoms with E-state index in [9.17, 15) is 20.0 Å². The van der Waals surface area contributed by atoms with Crippen LogP contribution < -0.4 is 5.32 Å². The molecule has 1 heterocycles. The zero-order valence-electron chi connectivity index (χ0n) is 16.1. The van der Waals surface area contributed by atoms with Gasteiger partial charge in [0.25, 0.3) is 5.91 Å². The highest BCUT2D eigenvalue weighted by atomic mass is 79.9. The Kier molecular flexibility index (Phi) is 7.19. The van der Waals surface area contributed by atoms with Gasteiger partial charge < -0.3 is 15.2 Å². The Morgan fingerprint density at radius 1 is 1.40 bits per heavy atom. The van der Waals surface area contributed by atoms with Gasteiger partial charge in [0.2, 0.25) is 0 Å². The second-order valence-electron chi connectivity index (χ2n) is 6.58. The van der Waals surface area contributed by atoms with E-state index in [1.165, 1.54) is 29.5 Å². The third kappa shape index (κ3) is 4.69. The van der Waals surface area contributed by atoms with Gasteiger partial charge in [-0.25, -0.2) is 4.79 Å². The standard InChI is InChI=1S/C21H18BrClN2O4S/c1-2-29-21(28)17-14-5-3-4-6-16(14)30-20(17)25-19(27)12(10-24)7-11-8-13(23)9-15(22)18(11)26/h7-9,26H,2-6H2,1H3,(H,25,27)/b12-7+. The molecule has 30 heavy (non-hydrogen) atoms. The van der Waals surface area contributed by atoms with Crippen molar-refractivity contribution in [2.75, 3.05) is 11.9 Å². The molecule has 0 saturated carbocycles. The lowest BCUT2D eigenvalue weighted by molar-refractivity contribution is -0.112. The van der Waals surface area contributed by atoms with Gasteiger partial charge in [0.05, 0.1) is 16.6 Å². The number of ether oxygens (including phenoxy) is 1. The van der Waals surface area contributed by atoms with Gasteiger partial charge in [0.15, 0.2) is 0 Å². The summed E-state index contributed by atoms with van der Waals surface area (Å²) in [5, 5.41) is 23.1. The van der Waals surface area contributed by atoms with Crippen molar-refractivity contribution < 1.29 is 19.4 Å². The lowest BCUT2D eigenvalue weighted by Gasteiger charge is -2.12. The summed E-state index contributed by atoms with van der Waals surface area (Å²) >= 11 is 10.5. The number of aromatic hydroxyl groups is 1. The Hall–Kier alpha value is -2.34. The fourth-order valence-corrected chi connectivity index (χ4v) is 5.35. The number of amides is 1. The molecule has 1 aromatic carbocycles. The molecule has 1 aliphatic rings. The molecule has 0 fully saturated rings. The molecule has 2 aromatic rings. The molecule has 1 aliphatic carbocycles. The number of carbonyl (C=O) groups is 2. The minimum absolute atomic E-state index is 0.140. The number of nitrogens with one attached hydrogen (secondary N) is 1. The highest BCUT2D eigenvalue weighted by Crippen LogP contribution is 2.39.